The molecule has 0 saturated heterocycles. The molecule has 0 aliphatic carbocycles. The summed E-state index contributed by atoms with van der Waals surface area (Å²) in [5, 5.41) is 3.22. The van der Waals surface area contributed by atoms with Crippen LogP contribution in [0.3, 0.4) is 0 Å². The van der Waals surface area contributed by atoms with E-state index in [2.05, 4.69) is 19.2 Å². The minimum atomic E-state index is -0.781. The molecule has 1 nitrogen and oxygen atoms in total. The molecule has 1 aromatic rings. The summed E-state index contributed by atoms with van der Waals surface area (Å²) >= 11 is 0. The molecular weight excluding hydrogens is 244 g/mol. The number of halogens is 2. The van der Waals surface area contributed by atoms with Crippen molar-refractivity contribution in [1.29, 1.82) is 0 Å². The second-order valence-corrected chi connectivity index (χ2v) is 5.17. The highest BCUT2D eigenvalue weighted by Gasteiger charge is 2.16. The molecule has 108 valence electrons. The van der Waals surface area contributed by atoms with Crippen molar-refractivity contribution in [2.24, 2.45) is 5.92 Å². The van der Waals surface area contributed by atoms with Crippen LogP contribution in [0.15, 0.2) is 18.2 Å². The number of rotatable bonds is 8. The summed E-state index contributed by atoms with van der Waals surface area (Å²) in [4.78, 5) is 0. The third-order valence-corrected chi connectivity index (χ3v) is 3.81. The van der Waals surface area contributed by atoms with Crippen LogP contribution in [0.2, 0.25) is 0 Å². The van der Waals surface area contributed by atoms with Gasteiger partial charge in [-0.1, -0.05) is 45.6 Å². The van der Waals surface area contributed by atoms with E-state index >= 15 is 0 Å². The highest BCUT2D eigenvalue weighted by Crippen LogP contribution is 2.27. The summed E-state index contributed by atoms with van der Waals surface area (Å²) in [6, 6.07) is 4.29. The molecule has 0 spiro atoms. The van der Waals surface area contributed by atoms with Crippen LogP contribution in [0.5, 0.6) is 0 Å². The molecule has 0 saturated carbocycles. The predicted molar refractivity (Wildman–Crippen MR) is 76.1 cm³/mol. The molecule has 1 N–H and O–H groups in total. The van der Waals surface area contributed by atoms with Crippen molar-refractivity contribution in [3.05, 3.63) is 35.4 Å². The smallest absolute Gasteiger partial charge is 0.159 e. The van der Waals surface area contributed by atoms with E-state index in [1.807, 2.05) is 7.05 Å². The van der Waals surface area contributed by atoms with Gasteiger partial charge in [-0.3, -0.25) is 0 Å². The fourth-order valence-electron chi connectivity index (χ4n) is 2.46. The Balaban J connectivity index is 2.72. The van der Waals surface area contributed by atoms with Crippen molar-refractivity contribution in [3.8, 4) is 0 Å². The first-order chi connectivity index (χ1) is 9.12. The van der Waals surface area contributed by atoms with Crippen molar-refractivity contribution in [2.45, 2.75) is 52.0 Å². The first-order valence-electron chi connectivity index (χ1n) is 7.24. The van der Waals surface area contributed by atoms with E-state index < -0.39 is 11.6 Å². The van der Waals surface area contributed by atoms with E-state index in [0.717, 1.165) is 18.4 Å². The average Bonchev–Trinajstić information content (AvgIpc) is 2.42. The maximum atomic E-state index is 13.3. The fraction of sp³-hybridized carbons (Fsp3) is 0.625. The van der Waals surface area contributed by atoms with Crippen molar-refractivity contribution in [2.75, 3.05) is 7.05 Å². The van der Waals surface area contributed by atoms with Crippen LogP contribution in [-0.4, -0.2) is 7.05 Å². The van der Waals surface area contributed by atoms with Crippen molar-refractivity contribution >= 4 is 0 Å². The Hall–Kier alpha value is -0.960. The molecule has 2 atom stereocenters. The molecule has 0 aromatic heterocycles. The van der Waals surface area contributed by atoms with Gasteiger partial charge in [-0.25, -0.2) is 8.78 Å². The minimum Gasteiger partial charge on any atom is -0.313 e. The zero-order valence-electron chi connectivity index (χ0n) is 12.2. The summed E-state index contributed by atoms with van der Waals surface area (Å²) in [5.74, 6) is -0.915. The molecule has 3 heteroatoms. The Morgan fingerprint density at radius 3 is 2.42 bits per heavy atom. The van der Waals surface area contributed by atoms with Gasteiger partial charge in [0, 0.05) is 6.04 Å². The summed E-state index contributed by atoms with van der Waals surface area (Å²) in [5.41, 5.74) is 0.830. The molecule has 19 heavy (non-hydrogen) atoms. The van der Waals surface area contributed by atoms with Crippen LogP contribution >= 0.6 is 0 Å². The highest BCUT2D eigenvalue weighted by atomic mass is 19.2. The van der Waals surface area contributed by atoms with Crippen LogP contribution in [0.1, 0.15) is 57.6 Å². The fourth-order valence-corrected chi connectivity index (χ4v) is 2.46. The molecule has 0 amide bonds. The summed E-state index contributed by atoms with van der Waals surface area (Å²) in [6.45, 7) is 4.38. The summed E-state index contributed by atoms with van der Waals surface area (Å²) in [7, 11) is 1.87. The number of nitrogens with one attached hydrogen (secondary N) is 1. The van der Waals surface area contributed by atoms with Crippen molar-refractivity contribution < 1.29 is 8.78 Å². The van der Waals surface area contributed by atoms with Crippen molar-refractivity contribution in [3.63, 3.8) is 0 Å². The lowest BCUT2D eigenvalue weighted by molar-refractivity contribution is 0.363. The standard InChI is InChI=1S/C16H25F2N/c1-4-6-7-12(5-2)10-16(19-3)13-8-9-14(17)15(18)11-13/h8-9,11-12,16,19H,4-7,10H2,1-3H3. The van der Waals surface area contributed by atoms with Gasteiger partial charge in [0.05, 0.1) is 0 Å². The largest absolute Gasteiger partial charge is 0.313 e. The maximum absolute atomic E-state index is 13.3. The monoisotopic (exact) mass is 269 g/mol. The van der Waals surface area contributed by atoms with Gasteiger partial charge in [0.15, 0.2) is 11.6 Å². The number of unbranched alkanes of at least 4 members (excludes halogenated alkanes) is 1. The Morgan fingerprint density at radius 2 is 1.89 bits per heavy atom. The second-order valence-electron chi connectivity index (χ2n) is 5.17. The van der Waals surface area contributed by atoms with E-state index in [9.17, 15) is 8.78 Å². The second kappa shape index (κ2) is 8.26. The average molecular weight is 269 g/mol. The molecule has 0 aliphatic heterocycles. The number of benzene rings is 1. The molecule has 0 aliphatic rings. The van der Waals surface area contributed by atoms with E-state index in [1.165, 1.54) is 31.4 Å². The Labute approximate surface area is 115 Å². The predicted octanol–water partition coefficient (Wildman–Crippen LogP) is 4.83. The molecule has 0 heterocycles. The van der Waals surface area contributed by atoms with Crippen molar-refractivity contribution in [1.82, 2.24) is 5.32 Å². The van der Waals surface area contributed by atoms with Crippen LogP contribution in [0.25, 0.3) is 0 Å². The highest BCUT2D eigenvalue weighted by molar-refractivity contribution is 5.21. The van der Waals surface area contributed by atoms with Gasteiger partial charge in [0.1, 0.15) is 0 Å². The Kier molecular flexibility index (Phi) is 7.00. The first kappa shape index (κ1) is 16.1. The topological polar surface area (TPSA) is 12.0 Å². The quantitative estimate of drug-likeness (QED) is 0.712. The van der Waals surface area contributed by atoms with E-state index in [1.54, 1.807) is 6.07 Å². The zero-order chi connectivity index (χ0) is 14.3. The third kappa shape index (κ3) is 4.90. The molecule has 0 bridgehead atoms. The van der Waals surface area contributed by atoms with Gasteiger partial charge in [-0.2, -0.15) is 0 Å². The number of hydrogen-bond donors (Lipinski definition) is 1. The maximum Gasteiger partial charge on any atom is 0.159 e. The van der Waals surface area contributed by atoms with E-state index in [4.69, 9.17) is 0 Å². The Morgan fingerprint density at radius 1 is 1.16 bits per heavy atom. The van der Waals surface area contributed by atoms with Crippen LogP contribution in [0, 0.1) is 17.6 Å². The SMILES string of the molecule is CCCCC(CC)CC(NC)c1ccc(F)c(F)c1. The lowest BCUT2D eigenvalue weighted by Gasteiger charge is -2.23. The number of hydrogen-bond acceptors (Lipinski definition) is 1. The molecular formula is C16H25F2N. The van der Waals surface area contributed by atoms with Gasteiger partial charge in [0.2, 0.25) is 0 Å². The lowest BCUT2D eigenvalue weighted by atomic mass is 9.89. The van der Waals surface area contributed by atoms with Gasteiger partial charge < -0.3 is 5.32 Å². The third-order valence-electron chi connectivity index (χ3n) is 3.81. The molecule has 2 unspecified atom stereocenters. The van der Waals surface area contributed by atoms with Crippen LogP contribution in [0.4, 0.5) is 8.78 Å². The van der Waals surface area contributed by atoms with E-state index in [-0.39, 0.29) is 6.04 Å². The van der Waals surface area contributed by atoms with E-state index in [0.29, 0.717) is 5.92 Å². The molecule has 0 fully saturated rings. The lowest BCUT2D eigenvalue weighted by Crippen LogP contribution is -2.20. The van der Waals surface area contributed by atoms with Gasteiger partial charge >= 0.3 is 0 Å². The molecule has 1 aromatic carbocycles. The normalized spacial score (nSPS) is 14.4. The zero-order valence-corrected chi connectivity index (χ0v) is 12.2. The van der Waals surface area contributed by atoms with Crippen LogP contribution in [-0.2, 0) is 0 Å². The first-order valence-corrected chi connectivity index (χ1v) is 7.24. The Bertz CT molecular complexity index is 379. The van der Waals surface area contributed by atoms with Crippen LogP contribution < -0.4 is 5.32 Å². The minimum absolute atomic E-state index is 0.0944. The van der Waals surface area contributed by atoms with Gasteiger partial charge in [-0.05, 0) is 37.1 Å². The molecule has 1 rings (SSSR count). The van der Waals surface area contributed by atoms with Gasteiger partial charge in [0.25, 0.3) is 0 Å². The van der Waals surface area contributed by atoms with Gasteiger partial charge in [-0.15, -0.1) is 0 Å². The summed E-state index contributed by atoms with van der Waals surface area (Å²) in [6.07, 6.45) is 5.73. The molecule has 0 radical (unpaired) electrons. The summed E-state index contributed by atoms with van der Waals surface area (Å²) < 4.78 is 26.3.